The Hall–Kier alpha value is -1.94. The first-order valence-electron chi connectivity index (χ1n) is 6.10. The molecule has 1 aromatic carbocycles. The van der Waals surface area contributed by atoms with Crippen LogP contribution in [0, 0.1) is 0 Å². The molecule has 1 aromatic heterocycles. The van der Waals surface area contributed by atoms with Gasteiger partial charge in [-0.15, -0.1) is 0 Å². The fourth-order valence-corrected chi connectivity index (χ4v) is 2.48. The van der Waals surface area contributed by atoms with Crippen LogP contribution in [0.5, 0.6) is 0 Å². The standard InChI is InChI=1S/C14H15N3O/c1-10-14-12(7-13(18)15-16-14)9-17(10)8-11-5-3-2-4-6-11/h2-7,10H,8-9H2,1H3,(H,15,18). The summed E-state index contributed by atoms with van der Waals surface area (Å²) in [5, 5.41) is 6.67. The van der Waals surface area contributed by atoms with E-state index in [0.29, 0.717) is 0 Å². The fraction of sp³-hybridized carbons (Fsp3) is 0.286. The average Bonchev–Trinajstić information content (AvgIpc) is 2.67. The molecular weight excluding hydrogens is 226 g/mol. The Morgan fingerprint density at radius 2 is 2.17 bits per heavy atom. The maximum Gasteiger partial charge on any atom is 0.264 e. The normalized spacial score (nSPS) is 18.8. The van der Waals surface area contributed by atoms with Crippen molar-refractivity contribution >= 4 is 0 Å². The minimum atomic E-state index is -0.123. The third kappa shape index (κ3) is 1.95. The number of rotatable bonds is 2. The molecular formula is C14H15N3O. The molecule has 1 aliphatic heterocycles. The molecule has 18 heavy (non-hydrogen) atoms. The molecule has 2 heterocycles. The number of aromatic nitrogens is 2. The maximum absolute atomic E-state index is 11.3. The highest BCUT2D eigenvalue weighted by Gasteiger charge is 2.28. The zero-order chi connectivity index (χ0) is 12.5. The molecule has 1 unspecified atom stereocenters. The van der Waals surface area contributed by atoms with E-state index in [9.17, 15) is 4.79 Å². The monoisotopic (exact) mass is 241 g/mol. The van der Waals surface area contributed by atoms with Gasteiger partial charge in [0.15, 0.2) is 0 Å². The topological polar surface area (TPSA) is 49.0 Å². The van der Waals surface area contributed by atoms with E-state index in [1.807, 2.05) is 18.2 Å². The number of hydrogen-bond donors (Lipinski definition) is 1. The summed E-state index contributed by atoms with van der Waals surface area (Å²) >= 11 is 0. The number of fused-ring (bicyclic) bond motifs is 1. The van der Waals surface area contributed by atoms with E-state index < -0.39 is 0 Å². The van der Waals surface area contributed by atoms with Gasteiger partial charge in [-0.25, -0.2) is 5.10 Å². The van der Waals surface area contributed by atoms with Gasteiger partial charge in [-0.2, -0.15) is 5.10 Å². The number of aromatic amines is 1. The van der Waals surface area contributed by atoms with E-state index in [1.165, 1.54) is 5.56 Å². The number of benzene rings is 1. The first-order chi connectivity index (χ1) is 8.74. The third-order valence-corrected chi connectivity index (χ3v) is 3.47. The van der Waals surface area contributed by atoms with E-state index in [4.69, 9.17) is 0 Å². The lowest BCUT2D eigenvalue weighted by atomic mass is 10.2. The van der Waals surface area contributed by atoms with Crippen molar-refractivity contribution in [2.24, 2.45) is 0 Å². The molecule has 0 aliphatic carbocycles. The van der Waals surface area contributed by atoms with Gasteiger partial charge in [-0.3, -0.25) is 9.69 Å². The lowest BCUT2D eigenvalue weighted by molar-refractivity contribution is 0.217. The van der Waals surface area contributed by atoms with Gasteiger partial charge in [0.2, 0.25) is 0 Å². The lowest BCUT2D eigenvalue weighted by Crippen LogP contribution is -2.19. The molecule has 4 nitrogen and oxygen atoms in total. The number of nitrogens with one attached hydrogen (secondary N) is 1. The predicted molar refractivity (Wildman–Crippen MR) is 69.0 cm³/mol. The van der Waals surface area contributed by atoms with Crippen LogP contribution in [0.15, 0.2) is 41.2 Å². The van der Waals surface area contributed by atoms with E-state index >= 15 is 0 Å². The number of nitrogens with zero attached hydrogens (tertiary/aromatic N) is 2. The van der Waals surface area contributed by atoms with Crippen LogP contribution in [0.2, 0.25) is 0 Å². The molecule has 1 aliphatic rings. The third-order valence-electron chi connectivity index (χ3n) is 3.47. The molecule has 0 spiro atoms. The highest BCUT2D eigenvalue weighted by Crippen LogP contribution is 2.31. The Balaban J connectivity index is 1.84. The maximum atomic E-state index is 11.3. The summed E-state index contributed by atoms with van der Waals surface area (Å²) in [7, 11) is 0. The summed E-state index contributed by atoms with van der Waals surface area (Å²) in [5.74, 6) is 0. The van der Waals surface area contributed by atoms with Gasteiger partial charge in [-0.05, 0) is 18.1 Å². The molecule has 0 saturated carbocycles. The summed E-state index contributed by atoms with van der Waals surface area (Å²) in [6.45, 7) is 3.80. The Bertz CT molecular complexity index is 606. The van der Waals surface area contributed by atoms with Gasteiger partial charge < -0.3 is 0 Å². The Labute approximate surface area is 105 Å². The van der Waals surface area contributed by atoms with Crippen molar-refractivity contribution in [1.82, 2.24) is 15.1 Å². The highest BCUT2D eigenvalue weighted by molar-refractivity contribution is 5.26. The van der Waals surface area contributed by atoms with Gasteiger partial charge in [0, 0.05) is 19.2 Å². The van der Waals surface area contributed by atoms with Crippen LogP contribution in [-0.2, 0) is 13.1 Å². The first kappa shape index (κ1) is 11.2. The van der Waals surface area contributed by atoms with Crippen molar-refractivity contribution in [2.75, 3.05) is 0 Å². The van der Waals surface area contributed by atoms with E-state index in [0.717, 1.165) is 24.3 Å². The summed E-state index contributed by atoms with van der Waals surface area (Å²) in [4.78, 5) is 13.6. The zero-order valence-electron chi connectivity index (χ0n) is 10.3. The minimum absolute atomic E-state index is 0.123. The van der Waals surface area contributed by atoms with Crippen LogP contribution in [0.4, 0.5) is 0 Å². The van der Waals surface area contributed by atoms with Crippen LogP contribution in [0.25, 0.3) is 0 Å². The molecule has 92 valence electrons. The SMILES string of the molecule is CC1c2n[nH]c(=O)cc2CN1Cc1ccccc1. The highest BCUT2D eigenvalue weighted by atomic mass is 16.1. The van der Waals surface area contributed by atoms with E-state index in [1.54, 1.807) is 6.07 Å². The van der Waals surface area contributed by atoms with Crippen LogP contribution in [-0.4, -0.2) is 15.1 Å². The zero-order valence-corrected chi connectivity index (χ0v) is 10.3. The van der Waals surface area contributed by atoms with Gasteiger partial charge in [-0.1, -0.05) is 30.3 Å². The minimum Gasteiger partial charge on any atom is -0.286 e. The lowest BCUT2D eigenvalue weighted by Gasteiger charge is -2.20. The van der Waals surface area contributed by atoms with Gasteiger partial charge in [0.1, 0.15) is 0 Å². The summed E-state index contributed by atoms with van der Waals surface area (Å²) in [6, 6.07) is 12.3. The van der Waals surface area contributed by atoms with Crippen molar-refractivity contribution in [3.05, 3.63) is 63.6 Å². The molecule has 0 bridgehead atoms. The number of H-pyrrole nitrogens is 1. The molecule has 0 saturated heterocycles. The Morgan fingerprint density at radius 1 is 1.39 bits per heavy atom. The first-order valence-corrected chi connectivity index (χ1v) is 6.10. The van der Waals surface area contributed by atoms with Crippen LogP contribution < -0.4 is 5.56 Å². The predicted octanol–water partition coefficient (Wildman–Crippen LogP) is 1.85. The number of hydrogen-bond acceptors (Lipinski definition) is 3. The quantitative estimate of drug-likeness (QED) is 0.873. The van der Waals surface area contributed by atoms with E-state index in [-0.39, 0.29) is 11.6 Å². The smallest absolute Gasteiger partial charge is 0.264 e. The largest absolute Gasteiger partial charge is 0.286 e. The molecule has 3 rings (SSSR count). The molecule has 2 aromatic rings. The second kappa shape index (κ2) is 4.38. The van der Waals surface area contributed by atoms with Crippen LogP contribution >= 0.6 is 0 Å². The summed E-state index contributed by atoms with van der Waals surface area (Å²) in [5.41, 5.74) is 3.19. The van der Waals surface area contributed by atoms with Crippen molar-refractivity contribution < 1.29 is 0 Å². The Kier molecular flexibility index (Phi) is 2.72. The van der Waals surface area contributed by atoms with Crippen molar-refractivity contribution in [2.45, 2.75) is 26.1 Å². The summed E-state index contributed by atoms with van der Waals surface area (Å²) in [6.07, 6.45) is 0. The second-order valence-electron chi connectivity index (χ2n) is 4.71. The molecule has 1 atom stereocenters. The second-order valence-corrected chi connectivity index (χ2v) is 4.71. The molecule has 0 amide bonds. The van der Waals surface area contributed by atoms with Crippen LogP contribution in [0.1, 0.15) is 29.8 Å². The van der Waals surface area contributed by atoms with E-state index in [2.05, 4.69) is 34.2 Å². The molecule has 0 radical (unpaired) electrons. The summed E-state index contributed by atoms with van der Waals surface area (Å²) < 4.78 is 0. The van der Waals surface area contributed by atoms with Crippen molar-refractivity contribution in [3.8, 4) is 0 Å². The van der Waals surface area contributed by atoms with Gasteiger partial charge in [0.05, 0.1) is 11.7 Å². The van der Waals surface area contributed by atoms with Gasteiger partial charge in [0.25, 0.3) is 5.56 Å². The molecule has 4 heteroatoms. The van der Waals surface area contributed by atoms with Crippen molar-refractivity contribution in [1.29, 1.82) is 0 Å². The van der Waals surface area contributed by atoms with Gasteiger partial charge >= 0.3 is 0 Å². The van der Waals surface area contributed by atoms with Crippen molar-refractivity contribution in [3.63, 3.8) is 0 Å². The average molecular weight is 241 g/mol. The Morgan fingerprint density at radius 3 is 2.94 bits per heavy atom. The molecule has 0 fully saturated rings. The molecule has 1 N–H and O–H groups in total. The van der Waals surface area contributed by atoms with Crippen LogP contribution in [0.3, 0.4) is 0 Å². The fourth-order valence-electron chi connectivity index (χ4n) is 2.48.